The molecule has 4 rings (SSSR count). The van der Waals surface area contributed by atoms with E-state index >= 15 is 0 Å². The van der Waals surface area contributed by atoms with Gasteiger partial charge >= 0.3 is 0 Å². The number of carbonyl (C=O) groups is 1. The van der Waals surface area contributed by atoms with Gasteiger partial charge < -0.3 is 19.5 Å². The normalized spacial score (nSPS) is 24.2. The Hall–Kier alpha value is -2.18. The smallest absolute Gasteiger partial charge is 0.254 e. The Kier molecular flexibility index (Phi) is 5.49. The number of para-hydroxylation sites is 1. The number of amides is 1. The fourth-order valence-electron chi connectivity index (χ4n) is 4.65. The highest BCUT2D eigenvalue weighted by molar-refractivity contribution is 6.06. The number of benzene rings is 1. The second-order valence-electron chi connectivity index (χ2n) is 8.70. The molecule has 1 aromatic carbocycles. The van der Waals surface area contributed by atoms with E-state index in [4.69, 9.17) is 9.47 Å². The second-order valence-corrected chi connectivity index (χ2v) is 8.70. The first-order valence-corrected chi connectivity index (χ1v) is 10.5. The van der Waals surface area contributed by atoms with E-state index in [-0.39, 0.29) is 23.7 Å². The number of pyridine rings is 1. The Morgan fingerprint density at radius 3 is 2.72 bits per heavy atom. The number of aliphatic hydroxyl groups excluding tert-OH is 1. The lowest BCUT2D eigenvalue weighted by Crippen LogP contribution is -2.54. The highest BCUT2D eigenvalue weighted by Gasteiger charge is 2.44. The van der Waals surface area contributed by atoms with Crippen LogP contribution in [-0.4, -0.2) is 58.9 Å². The van der Waals surface area contributed by atoms with Crippen molar-refractivity contribution in [2.75, 3.05) is 20.2 Å². The van der Waals surface area contributed by atoms with Gasteiger partial charge in [-0.05, 0) is 31.2 Å². The molecule has 0 saturated carbocycles. The predicted molar refractivity (Wildman–Crippen MR) is 111 cm³/mol. The van der Waals surface area contributed by atoms with Gasteiger partial charge in [0.1, 0.15) is 0 Å². The molecule has 1 amide bonds. The van der Waals surface area contributed by atoms with Gasteiger partial charge in [-0.3, -0.25) is 4.79 Å². The highest BCUT2D eigenvalue weighted by atomic mass is 16.5. The number of nitrogens with zero attached hydrogens (tertiary/aromatic N) is 2. The molecule has 156 valence electrons. The van der Waals surface area contributed by atoms with Gasteiger partial charge in [-0.15, -0.1) is 0 Å². The van der Waals surface area contributed by atoms with E-state index in [0.29, 0.717) is 43.3 Å². The monoisotopic (exact) mass is 398 g/mol. The molecule has 0 unspecified atom stereocenters. The summed E-state index contributed by atoms with van der Waals surface area (Å²) in [5.74, 6) is 0.810. The lowest BCUT2D eigenvalue weighted by Gasteiger charge is -2.48. The molecule has 2 saturated heterocycles. The van der Waals surface area contributed by atoms with Crippen LogP contribution >= 0.6 is 0 Å². The van der Waals surface area contributed by atoms with Gasteiger partial charge in [0.15, 0.2) is 0 Å². The van der Waals surface area contributed by atoms with E-state index in [1.807, 2.05) is 29.2 Å². The maximum absolute atomic E-state index is 13.3. The van der Waals surface area contributed by atoms with Crippen molar-refractivity contribution in [3.8, 4) is 5.88 Å². The zero-order chi connectivity index (χ0) is 20.6. The van der Waals surface area contributed by atoms with Crippen LogP contribution in [0.4, 0.5) is 0 Å². The Labute approximate surface area is 171 Å². The third kappa shape index (κ3) is 3.96. The second kappa shape index (κ2) is 7.92. The van der Waals surface area contributed by atoms with Gasteiger partial charge in [0, 0.05) is 31.0 Å². The summed E-state index contributed by atoms with van der Waals surface area (Å²) in [6, 6.07) is 9.37. The van der Waals surface area contributed by atoms with Crippen molar-refractivity contribution in [1.82, 2.24) is 9.88 Å². The molecule has 2 aliphatic heterocycles. The van der Waals surface area contributed by atoms with Crippen molar-refractivity contribution in [3.63, 3.8) is 0 Å². The average molecular weight is 399 g/mol. The van der Waals surface area contributed by atoms with Gasteiger partial charge in [0.2, 0.25) is 5.88 Å². The van der Waals surface area contributed by atoms with Crippen LogP contribution in [0, 0.1) is 5.92 Å². The van der Waals surface area contributed by atoms with E-state index in [1.165, 1.54) is 0 Å². The Morgan fingerprint density at radius 2 is 2.03 bits per heavy atom. The third-order valence-electron chi connectivity index (χ3n) is 6.35. The number of aromatic nitrogens is 1. The van der Waals surface area contributed by atoms with E-state index in [1.54, 1.807) is 13.2 Å². The molecule has 0 radical (unpaired) electrons. The van der Waals surface area contributed by atoms with Crippen LogP contribution in [0.5, 0.6) is 5.88 Å². The molecule has 0 bridgehead atoms. The van der Waals surface area contributed by atoms with Crippen molar-refractivity contribution >= 4 is 16.8 Å². The number of piperidine rings is 1. The van der Waals surface area contributed by atoms with Crippen molar-refractivity contribution < 1.29 is 19.4 Å². The summed E-state index contributed by atoms with van der Waals surface area (Å²) in [6.45, 7) is 5.51. The van der Waals surface area contributed by atoms with Crippen LogP contribution in [0.25, 0.3) is 10.9 Å². The minimum Gasteiger partial charge on any atom is -0.481 e. The van der Waals surface area contributed by atoms with E-state index in [0.717, 1.165) is 23.7 Å². The number of likely N-dealkylation sites (tertiary alicyclic amines) is 1. The molecule has 2 aliphatic rings. The maximum atomic E-state index is 13.3. The van der Waals surface area contributed by atoms with Gasteiger partial charge in [-0.2, -0.15) is 0 Å². The molecule has 1 aromatic heterocycles. The molecular formula is C23H30N2O4. The van der Waals surface area contributed by atoms with E-state index in [9.17, 15) is 9.90 Å². The molecule has 6 heteroatoms. The number of hydrogen-bond donors (Lipinski definition) is 1. The average Bonchev–Trinajstić information content (AvgIpc) is 2.72. The molecule has 6 nitrogen and oxygen atoms in total. The number of carbonyl (C=O) groups excluding carboxylic acids is 1. The van der Waals surface area contributed by atoms with Crippen LogP contribution in [0.1, 0.15) is 49.9 Å². The van der Waals surface area contributed by atoms with E-state index < -0.39 is 0 Å². The van der Waals surface area contributed by atoms with Crippen LogP contribution in [0.2, 0.25) is 0 Å². The van der Waals surface area contributed by atoms with Crippen molar-refractivity contribution in [2.45, 2.75) is 57.3 Å². The molecule has 3 heterocycles. The zero-order valence-electron chi connectivity index (χ0n) is 17.4. The standard InChI is InChI=1S/C23H30N2O4/c1-15(2)20-12-16(26)14-23(29-20)8-10-25(11-9-23)22(27)18-13-21(28-3)24-19-7-5-4-6-17(18)19/h4-7,13,15-16,20,26H,8-12,14H2,1-3H3/t16-,20-/m1/s1. The molecule has 0 aliphatic carbocycles. The number of methoxy groups -OCH3 is 1. The van der Waals surface area contributed by atoms with Crippen LogP contribution in [-0.2, 0) is 4.74 Å². The lowest BCUT2D eigenvalue weighted by atomic mass is 9.80. The van der Waals surface area contributed by atoms with Gasteiger partial charge in [0.05, 0.1) is 36.0 Å². The largest absolute Gasteiger partial charge is 0.481 e. The van der Waals surface area contributed by atoms with Crippen LogP contribution in [0.3, 0.4) is 0 Å². The fraction of sp³-hybridized carbons (Fsp3) is 0.565. The number of rotatable bonds is 3. The van der Waals surface area contributed by atoms with Crippen molar-refractivity contribution in [2.24, 2.45) is 5.92 Å². The third-order valence-corrected chi connectivity index (χ3v) is 6.35. The number of ether oxygens (including phenoxy) is 2. The predicted octanol–water partition coefficient (Wildman–Crippen LogP) is 3.41. The molecular weight excluding hydrogens is 368 g/mol. The van der Waals surface area contributed by atoms with Crippen molar-refractivity contribution in [3.05, 3.63) is 35.9 Å². The number of aliphatic hydroxyl groups is 1. The highest BCUT2D eigenvalue weighted by Crippen LogP contribution is 2.39. The maximum Gasteiger partial charge on any atom is 0.254 e. The summed E-state index contributed by atoms with van der Waals surface area (Å²) in [5, 5.41) is 11.2. The van der Waals surface area contributed by atoms with Crippen LogP contribution < -0.4 is 4.74 Å². The van der Waals surface area contributed by atoms with Crippen LogP contribution in [0.15, 0.2) is 30.3 Å². The minimum atomic E-state index is -0.327. The fourth-order valence-corrected chi connectivity index (χ4v) is 4.65. The Bertz CT molecular complexity index is 890. The SMILES string of the molecule is COc1cc(C(=O)N2CCC3(CC2)C[C@H](O)C[C@H](C(C)C)O3)c2ccccc2n1. The topological polar surface area (TPSA) is 71.9 Å². The molecule has 2 fully saturated rings. The summed E-state index contributed by atoms with van der Waals surface area (Å²) >= 11 is 0. The lowest BCUT2D eigenvalue weighted by molar-refractivity contribution is -0.190. The quantitative estimate of drug-likeness (QED) is 0.858. The number of hydrogen-bond acceptors (Lipinski definition) is 5. The first-order chi connectivity index (χ1) is 13.9. The molecule has 1 spiro atoms. The molecule has 1 N–H and O–H groups in total. The summed E-state index contributed by atoms with van der Waals surface area (Å²) in [6.07, 6.45) is 2.61. The molecule has 2 aromatic rings. The molecule has 2 atom stereocenters. The Balaban J connectivity index is 1.53. The zero-order valence-corrected chi connectivity index (χ0v) is 17.4. The minimum absolute atomic E-state index is 0.00600. The van der Waals surface area contributed by atoms with Gasteiger partial charge in [-0.25, -0.2) is 4.98 Å². The summed E-state index contributed by atoms with van der Waals surface area (Å²) in [7, 11) is 1.56. The Morgan fingerprint density at radius 1 is 1.31 bits per heavy atom. The number of fused-ring (bicyclic) bond motifs is 1. The first-order valence-electron chi connectivity index (χ1n) is 10.5. The van der Waals surface area contributed by atoms with Gasteiger partial charge in [-0.1, -0.05) is 32.0 Å². The van der Waals surface area contributed by atoms with E-state index in [2.05, 4.69) is 18.8 Å². The summed E-state index contributed by atoms with van der Waals surface area (Å²) in [4.78, 5) is 19.7. The van der Waals surface area contributed by atoms with Gasteiger partial charge in [0.25, 0.3) is 5.91 Å². The summed E-state index contributed by atoms with van der Waals surface area (Å²) < 4.78 is 11.8. The first kappa shape index (κ1) is 20.1. The molecule has 29 heavy (non-hydrogen) atoms. The summed E-state index contributed by atoms with van der Waals surface area (Å²) in [5.41, 5.74) is 1.05. The van der Waals surface area contributed by atoms with Crippen molar-refractivity contribution in [1.29, 1.82) is 0 Å².